The minimum absolute atomic E-state index is 0.0131. The molecule has 1 aliphatic heterocycles. The smallest absolute Gasteiger partial charge is 0.348 e. The van der Waals surface area contributed by atoms with Crippen molar-refractivity contribution in [3.8, 4) is 5.75 Å². The van der Waals surface area contributed by atoms with Crippen LogP contribution in [0.5, 0.6) is 5.75 Å². The van der Waals surface area contributed by atoms with Gasteiger partial charge in [0, 0.05) is 38.3 Å². The number of aliphatic carboxylic acids is 1. The average molecular weight is 357 g/mol. The van der Waals surface area contributed by atoms with Gasteiger partial charge in [0.15, 0.2) is 0 Å². The maximum Gasteiger partial charge on any atom is 0.348 e. The van der Waals surface area contributed by atoms with Gasteiger partial charge < -0.3 is 14.7 Å². The van der Waals surface area contributed by atoms with Gasteiger partial charge in [0.05, 0.1) is 12.5 Å². The third-order valence-corrected chi connectivity index (χ3v) is 4.77. The number of hydrogen-bond donors (Lipinski definition) is 1. The number of carboxylic acids is 1. The first-order valence-electron chi connectivity index (χ1n) is 8.74. The van der Waals surface area contributed by atoms with Gasteiger partial charge in [-0.25, -0.2) is 4.79 Å². The van der Waals surface area contributed by atoms with Gasteiger partial charge in [-0.3, -0.25) is 9.48 Å². The number of aromatic nitrogens is 2. The van der Waals surface area contributed by atoms with Gasteiger partial charge in [-0.05, 0) is 18.2 Å². The van der Waals surface area contributed by atoms with E-state index < -0.39 is 11.6 Å². The molecule has 0 spiro atoms. The maximum atomic E-state index is 12.7. The molecule has 0 saturated carbocycles. The molecular formula is C19H23N3O4. The lowest BCUT2D eigenvalue weighted by molar-refractivity contribution is -0.162. The van der Waals surface area contributed by atoms with E-state index in [-0.39, 0.29) is 24.7 Å². The second kappa shape index (κ2) is 7.59. The van der Waals surface area contributed by atoms with E-state index >= 15 is 0 Å². The van der Waals surface area contributed by atoms with Crippen molar-refractivity contribution < 1.29 is 19.4 Å². The number of piperidine rings is 1. The zero-order valence-corrected chi connectivity index (χ0v) is 14.7. The lowest BCUT2D eigenvalue weighted by Gasteiger charge is -2.39. The average Bonchev–Trinajstić information content (AvgIpc) is 3.15. The molecule has 2 heterocycles. The number of para-hydroxylation sites is 1. The molecule has 0 bridgehead atoms. The van der Waals surface area contributed by atoms with Crippen LogP contribution in [0.2, 0.25) is 0 Å². The molecule has 1 atom stereocenters. The zero-order chi connectivity index (χ0) is 18.6. The van der Waals surface area contributed by atoms with Crippen LogP contribution in [-0.4, -0.2) is 50.4 Å². The number of benzene rings is 1. The van der Waals surface area contributed by atoms with Crippen LogP contribution in [0.4, 0.5) is 0 Å². The van der Waals surface area contributed by atoms with Gasteiger partial charge in [0.25, 0.3) is 0 Å². The van der Waals surface area contributed by atoms with Crippen LogP contribution >= 0.6 is 0 Å². The van der Waals surface area contributed by atoms with Crippen LogP contribution in [0.3, 0.4) is 0 Å². The number of amides is 1. The highest BCUT2D eigenvalue weighted by atomic mass is 16.5. The fourth-order valence-electron chi connectivity index (χ4n) is 3.24. The predicted octanol–water partition coefficient (Wildman–Crippen LogP) is 2.04. The summed E-state index contributed by atoms with van der Waals surface area (Å²) in [4.78, 5) is 26.2. The summed E-state index contributed by atoms with van der Waals surface area (Å²) < 4.78 is 7.56. The Labute approximate surface area is 152 Å². The van der Waals surface area contributed by atoms with Crippen LogP contribution in [0.25, 0.3) is 0 Å². The standard InChI is InChI=1S/C19H23N3O4/c1-15(14-22-11-5-10-20-22)17(23)21-12-8-19(9-13-21,18(24)25)26-16-6-3-2-4-7-16/h2-7,10-11,15H,8-9,12-14H2,1H3,(H,24,25)/t15-/m1/s1. The summed E-state index contributed by atoms with van der Waals surface area (Å²) >= 11 is 0. The molecule has 2 aromatic rings. The topological polar surface area (TPSA) is 84.7 Å². The van der Waals surface area contributed by atoms with E-state index in [2.05, 4.69) is 5.10 Å². The number of rotatable bonds is 6. The first-order chi connectivity index (χ1) is 12.5. The van der Waals surface area contributed by atoms with E-state index in [1.807, 2.05) is 25.3 Å². The van der Waals surface area contributed by atoms with Crippen molar-refractivity contribution in [1.29, 1.82) is 0 Å². The summed E-state index contributed by atoms with van der Waals surface area (Å²) in [6.45, 7) is 3.10. The number of hydrogen-bond acceptors (Lipinski definition) is 4. The molecule has 1 aromatic carbocycles. The van der Waals surface area contributed by atoms with Gasteiger partial charge in [0.1, 0.15) is 5.75 Å². The van der Waals surface area contributed by atoms with E-state index in [1.54, 1.807) is 40.0 Å². The van der Waals surface area contributed by atoms with E-state index in [9.17, 15) is 14.7 Å². The molecule has 3 rings (SSSR count). The Bertz CT molecular complexity index is 737. The third-order valence-electron chi connectivity index (χ3n) is 4.77. The fraction of sp³-hybridized carbons (Fsp3) is 0.421. The minimum atomic E-state index is -1.29. The summed E-state index contributed by atoms with van der Waals surface area (Å²) in [6.07, 6.45) is 4.03. The Balaban J connectivity index is 1.62. The second-order valence-electron chi connectivity index (χ2n) is 6.67. The first kappa shape index (κ1) is 18.0. The number of nitrogens with zero attached hydrogens (tertiary/aromatic N) is 3. The van der Waals surface area contributed by atoms with Crippen LogP contribution in [0.15, 0.2) is 48.8 Å². The number of carbonyl (C=O) groups is 2. The molecule has 0 unspecified atom stereocenters. The first-order valence-corrected chi connectivity index (χ1v) is 8.74. The molecule has 1 aromatic heterocycles. The summed E-state index contributed by atoms with van der Waals surface area (Å²) in [5.74, 6) is -0.666. The van der Waals surface area contributed by atoms with Crippen molar-refractivity contribution in [3.05, 3.63) is 48.8 Å². The van der Waals surface area contributed by atoms with Crippen molar-refractivity contribution in [3.63, 3.8) is 0 Å². The predicted molar refractivity (Wildman–Crippen MR) is 94.6 cm³/mol. The van der Waals surface area contributed by atoms with Gasteiger partial charge in [0.2, 0.25) is 11.5 Å². The van der Waals surface area contributed by atoms with Crippen LogP contribution < -0.4 is 4.74 Å². The zero-order valence-electron chi connectivity index (χ0n) is 14.7. The SMILES string of the molecule is C[C@H](Cn1cccn1)C(=O)N1CCC(Oc2ccccc2)(C(=O)O)CC1. The van der Waals surface area contributed by atoms with Crippen molar-refractivity contribution in [2.45, 2.75) is 31.9 Å². The van der Waals surface area contributed by atoms with Crippen LogP contribution in [0, 0.1) is 5.92 Å². The number of likely N-dealkylation sites (tertiary alicyclic amines) is 1. The Hall–Kier alpha value is -2.83. The summed E-state index contributed by atoms with van der Waals surface area (Å²) in [5, 5.41) is 13.8. The summed E-state index contributed by atoms with van der Waals surface area (Å²) in [5.41, 5.74) is -1.29. The molecule has 1 N–H and O–H groups in total. The minimum Gasteiger partial charge on any atom is -0.478 e. The summed E-state index contributed by atoms with van der Waals surface area (Å²) in [6, 6.07) is 10.8. The molecule has 0 aliphatic carbocycles. The van der Waals surface area contributed by atoms with Crippen molar-refractivity contribution in [1.82, 2.24) is 14.7 Å². The van der Waals surface area contributed by atoms with Crippen molar-refractivity contribution in [2.24, 2.45) is 5.92 Å². The van der Waals surface area contributed by atoms with E-state index in [4.69, 9.17) is 4.74 Å². The van der Waals surface area contributed by atoms with Crippen molar-refractivity contribution >= 4 is 11.9 Å². The highest BCUT2D eigenvalue weighted by Crippen LogP contribution is 2.30. The molecule has 1 fully saturated rings. The highest BCUT2D eigenvalue weighted by Gasteiger charge is 2.45. The van der Waals surface area contributed by atoms with Crippen LogP contribution in [0.1, 0.15) is 19.8 Å². The lowest BCUT2D eigenvalue weighted by Crippen LogP contribution is -2.55. The summed E-state index contributed by atoms with van der Waals surface area (Å²) in [7, 11) is 0. The monoisotopic (exact) mass is 357 g/mol. The van der Waals surface area contributed by atoms with E-state index in [0.29, 0.717) is 25.4 Å². The Morgan fingerprint density at radius 3 is 2.50 bits per heavy atom. The van der Waals surface area contributed by atoms with Gasteiger partial charge in [-0.2, -0.15) is 5.10 Å². The molecule has 0 radical (unpaired) electrons. The van der Waals surface area contributed by atoms with E-state index in [1.165, 1.54) is 0 Å². The lowest BCUT2D eigenvalue weighted by atomic mass is 9.90. The highest BCUT2D eigenvalue weighted by molar-refractivity contribution is 5.81. The van der Waals surface area contributed by atoms with Crippen molar-refractivity contribution in [2.75, 3.05) is 13.1 Å². The number of ether oxygens (including phenoxy) is 1. The number of carbonyl (C=O) groups excluding carboxylic acids is 1. The maximum absolute atomic E-state index is 12.7. The molecule has 1 amide bonds. The van der Waals surface area contributed by atoms with Gasteiger partial charge in [-0.1, -0.05) is 25.1 Å². The third kappa shape index (κ3) is 3.87. The number of carboxylic acid groups (broad SMARTS) is 1. The molecule has 138 valence electrons. The molecule has 26 heavy (non-hydrogen) atoms. The Morgan fingerprint density at radius 1 is 1.23 bits per heavy atom. The Morgan fingerprint density at radius 2 is 1.92 bits per heavy atom. The second-order valence-corrected chi connectivity index (χ2v) is 6.67. The molecule has 7 nitrogen and oxygen atoms in total. The largest absolute Gasteiger partial charge is 0.478 e. The molecule has 1 aliphatic rings. The Kier molecular flexibility index (Phi) is 5.25. The quantitative estimate of drug-likeness (QED) is 0.855. The normalized spacial score (nSPS) is 17.5. The van der Waals surface area contributed by atoms with Crippen LogP contribution in [-0.2, 0) is 16.1 Å². The van der Waals surface area contributed by atoms with E-state index in [0.717, 1.165) is 0 Å². The van der Waals surface area contributed by atoms with Gasteiger partial charge >= 0.3 is 5.97 Å². The molecule has 7 heteroatoms. The molecule has 1 saturated heterocycles. The molecular weight excluding hydrogens is 334 g/mol. The van der Waals surface area contributed by atoms with Gasteiger partial charge in [-0.15, -0.1) is 0 Å². The fourth-order valence-corrected chi connectivity index (χ4v) is 3.24.